The lowest BCUT2D eigenvalue weighted by atomic mass is 9.87. The van der Waals surface area contributed by atoms with E-state index < -0.39 is 40.5 Å². The predicted molar refractivity (Wildman–Crippen MR) is 138 cm³/mol. The van der Waals surface area contributed by atoms with Crippen LogP contribution in [-0.4, -0.2) is 37.9 Å². The summed E-state index contributed by atoms with van der Waals surface area (Å²) in [5.41, 5.74) is 2.84. The van der Waals surface area contributed by atoms with Gasteiger partial charge in [0.15, 0.2) is 21.3 Å². The summed E-state index contributed by atoms with van der Waals surface area (Å²) >= 11 is 0. The smallest absolute Gasteiger partial charge is 0.387 e. The van der Waals surface area contributed by atoms with Gasteiger partial charge in [0.05, 0.1) is 4.90 Å². The Bertz CT molecular complexity index is 1500. The maximum Gasteiger partial charge on any atom is 0.387 e. The minimum Gasteiger partial charge on any atom is -0.473 e. The Labute approximate surface area is 228 Å². The molecule has 0 saturated heterocycles. The van der Waals surface area contributed by atoms with Crippen molar-refractivity contribution in [3.63, 3.8) is 0 Å². The summed E-state index contributed by atoms with van der Waals surface area (Å²) in [4.78, 5) is 8.57. The fourth-order valence-corrected chi connectivity index (χ4v) is 4.61. The van der Waals surface area contributed by atoms with E-state index in [-0.39, 0.29) is 11.5 Å². The van der Waals surface area contributed by atoms with Crippen LogP contribution < -0.4 is 14.2 Å². The molecule has 1 atom stereocenters. The zero-order chi connectivity index (χ0) is 28.7. The zero-order valence-corrected chi connectivity index (χ0v) is 21.9. The second-order valence-corrected chi connectivity index (χ2v) is 10.7. The maximum absolute atomic E-state index is 13.0. The number of ether oxygens (including phenoxy) is 3. The van der Waals surface area contributed by atoms with Crippen LogP contribution in [0.4, 0.5) is 17.6 Å². The molecule has 0 spiro atoms. The molecule has 0 amide bonds. The number of hydrogen-bond acceptors (Lipinski definition) is 7. The summed E-state index contributed by atoms with van der Waals surface area (Å²) in [6.07, 6.45) is 6.36. The van der Waals surface area contributed by atoms with E-state index in [1.54, 1.807) is 55.0 Å². The lowest BCUT2D eigenvalue weighted by molar-refractivity contribution is -0.0692. The van der Waals surface area contributed by atoms with Gasteiger partial charge in [-0.15, -0.1) is 0 Å². The zero-order valence-electron chi connectivity index (χ0n) is 21.1. The summed E-state index contributed by atoms with van der Waals surface area (Å²) in [6.45, 7) is -6.31. The highest BCUT2D eigenvalue weighted by Gasteiger charge is 2.21. The molecule has 0 fully saturated rings. The highest BCUT2D eigenvalue weighted by Crippen LogP contribution is 2.37. The van der Waals surface area contributed by atoms with E-state index in [4.69, 9.17) is 4.74 Å². The van der Waals surface area contributed by atoms with Crippen LogP contribution in [-0.2, 0) is 22.9 Å². The first-order valence-corrected chi connectivity index (χ1v) is 13.8. The number of hydrogen-bond donors (Lipinski definition) is 0. The molecule has 40 heavy (non-hydrogen) atoms. The molecule has 0 N–H and O–H groups in total. The van der Waals surface area contributed by atoms with Gasteiger partial charge in [-0.1, -0.05) is 24.3 Å². The summed E-state index contributed by atoms with van der Waals surface area (Å²) in [5, 5.41) is 0. The summed E-state index contributed by atoms with van der Waals surface area (Å²) in [7, 11) is -3.30. The van der Waals surface area contributed by atoms with Gasteiger partial charge in [0.2, 0.25) is 5.88 Å². The van der Waals surface area contributed by atoms with Crippen LogP contribution in [0.15, 0.2) is 90.2 Å². The van der Waals surface area contributed by atoms with Crippen molar-refractivity contribution >= 4 is 9.84 Å². The fourth-order valence-electron chi connectivity index (χ4n) is 3.98. The molecule has 12 heteroatoms. The Morgan fingerprint density at radius 3 is 2.02 bits per heavy atom. The van der Waals surface area contributed by atoms with Gasteiger partial charge >= 0.3 is 13.2 Å². The fraction of sp³-hybridized carbons (Fsp3) is 0.214. The van der Waals surface area contributed by atoms with Gasteiger partial charge in [0.25, 0.3) is 0 Å². The van der Waals surface area contributed by atoms with E-state index in [9.17, 15) is 26.0 Å². The SMILES string of the molecule is CS(=O)(=O)c1ccc(COc2ccc(C(Cc3ccncc3)c3ccc(OC(F)F)c(OC(F)F)c3)cn2)cc1. The van der Waals surface area contributed by atoms with Gasteiger partial charge in [0.1, 0.15) is 6.61 Å². The number of halogens is 4. The average Bonchev–Trinajstić information content (AvgIpc) is 2.92. The van der Waals surface area contributed by atoms with Crippen molar-refractivity contribution in [2.75, 3.05) is 6.26 Å². The van der Waals surface area contributed by atoms with Crippen molar-refractivity contribution < 1.29 is 40.2 Å². The second-order valence-electron chi connectivity index (χ2n) is 8.71. The van der Waals surface area contributed by atoms with E-state index >= 15 is 0 Å². The van der Waals surface area contributed by atoms with Gasteiger partial charge in [0, 0.05) is 36.8 Å². The molecule has 0 bridgehead atoms. The Balaban J connectivity index is 1.58. The Morgan fingerprint density at radius 2 is 1.43 bits per heavy atom. The van der Waals surface area contributed by atoms with Gasteiger partial charge in [-0.05, 0) is 65.1 Å². The summed E-state index contributed by atoms with van der Waals surface area (Å²) in [5.74, 6) is -1.13. The number of aromatic nitrogens is 2. The minimum atomic E-state index is -3.30. The van der Waals surface area contributed by atoms with E-state index in [1.165, 1.54) is 30.3 Å². The van der Waals surface area contributed by atoms with Crippen LogP contribution in [0.3, 0.4) is 0 Å². The number of sulfone groups is 1. The molecular weight excluding hydrogens is 552 g/mol. The Kier molecular flexibility index (Phi) is 9.20. The quantitative estimate of drug-likeness (QED) is 0.190. The van der Waals surface area contributed by atoms with Crippen molar-refractivity contribution in [1.82, 2.24) is 9.97 Å². The number of pyridine rings is 2. The monoisotopic (exact) mass is 576 g/mol. The Hall–Kier alpha value is -4.19. The molecule has 4 aromatic rings. The van der Waals surface area contributed by atoms with Crippen LogP contribution in [0.5, 0.6) is 17.4 Å². The van der Waals surface area contributed by atoms with E-state index in [1.807, 2.05) is 0 Å². The van der Waals surface area contributed by atoms with Gasteiger partial charge in [-0.3, -0.25) is 4.98 Å². The van der Waals surface area contributed by atoms with Crippen LogP contribution in [0, 0.1) is 0 Å². The third-order valence-electron chi connectivity index (χ3n) is 5.89. The number of benzene rings is 2. The molecule has 210 valence electrons. The molecule has 7 nitrogen and oxygen atoms in total. The third-order valence-corrected chi connectivity index (χ3v) is 7.02. The summed E-state index contributed by atoms with van der Waals surface area (Å²) in [6, 6.07) is 17.2. The lowest BCUT2D eigenvalue weighted by Crippen LogP contribution is -2.10. The first-order chi connectivity index (χ1) is 19.1. The number of nitrogens with zero attached hydrogens (tertiary/aromatic N) is 2. The third kappa shape index (κ3) is 7.92. The molecule has 1 unspecified atom stereocenters. The molecule has 0 saturated carbocycles. The normalized spacial score (nSPS) is 12.4. The molecule has 0 aliphatic carbocycles. The van der Waals surface area contributed by atoms with Crippen molar-refractivity contribution in [2.24, 2.45) is 0 Å². The average molecular weight is 577 g/mol. The van der Waals surface area contributed by atoms with Crippen LogP contribution in [0.2, 0.25) is 0 Å². The lowest BCUT2D eigenvalue weighted by Gasteiger charge is -2.20. The largest absolute Gasteiger partial charge is 0.473 e. The van der Waals surface area contributed by atoms with Gasteiger partial charge < -0.3 is 14.2 Å². The van der Waals surface area contributed by atoms with Crippen LogP contribution in [0.1, 0.15) is 28.2 Å². The molecule has 0 radical (unpaired) electrons. The molecule has 0 aliphatic rings. The standard InChI is InChI=1S/C28H24F4N2O5S/c1-40(35,36)22-6-2-19(3-7-22)17-37-26-9-5-21(16-34-26)23(14-18-10-12-33-13-11-18)20-4-8-24(38-27(29)30)25(15-20)39-28(31)32/h2-13,15-16,23,27-28H,14,17H2,1H3. The van der Waals surface area contributed by atoms with Gasteiger partial charge in [-0.2, -0.15) is 17.6 Å². The first-order valence-electron chi connectivity index (χ1n) is 11.9. The molecule has 2 aromatic carbocycles. The maximum atomic E-state index is 13.0. The molecule has 4 rings (SSSR count). The first kappa shape index (κ1) is 28.8. The highest BCUT2D eigenvalue weighted by molar-refractivity contribution is 7.90. The highest BCUT2D eigenvalue weighted by atomic mass is 32.2. The van der Waals surface area contributed by atoms with Crippen LogP contribution >= 0.6 is 0 Å². The number of rotatable bonds is 12. The van der Waals surface area contributed by atoms with Crippen molar-refractivity contribution in [2.45, 2.75) is 37.1 Å². The van der Waals surface area contributed by atoms with Crippen molar-refractivity contribution in [3.8, 4) is 17.4 Å². The van der Waals surface area contributed by atoms with E-state index in [2.05, 4.69) is 19.4 Å². The van der Waals surface area contributed by atoms with Crippen molar-refractivity contribution in [3.05, 3.63) is 108 Å². The van der Waals surface area contributed by atoms with Gasteiger partial charge in [-0.25, -0.2) is 13.4 Å². The molecule has 2 aromatic heterocycles. The predicted octanol–water partition coefficient (Wildman–Crippen LogP) is 6.04. The second kappa shape index (κ2) is 12.8. The van der Waals surface area contributed by atoms with E-state index in [0.717, 1.165) is 17.4 Å². The molecular formula is C28H24F4N2O5S. The molecule has 0 aliphatic heterocycles. The van der Waals surface area contributed by atoms with Crippen LogP contribution in [0.25, 0.3) is 0 Å². The molecule has 2 heterocycles. The topological polar surface area (TPSA) is 87.6 Å². The van der Waals surface area contributed by atoms with Crippen molar-refractivity contribution in [1.29, 1.82) is 0 Å². The number of alkyl halides is 4. The van der Waals surface area contributed by atoms with E-state index in [0.29, 0.717) is 23.4 Å². The minimum absolute atomic E-state index is 0.150. The Morgan fingerprint density at radius 1 is 0.775 bits per heavy atom. The summed E-state index contributed by atoms with van der Waals surface area (Å²) < 4.78 is 89.5.